The van der Waals surface area contributed by atoms with E-state index in [4.69, 9.17) is 15.9 Å². The van der Waals surface area contributed by atoms with Crippen LogP contribution in [0, 0.1) is 0 Å². The molecule has 0 aliphatic heterocycles. The van der Waals surface area contributed by atoms with Crippen molar-refractivity contribution in [1.82, 2.24) is 9.97 Å². The lowest BCUT2D eigenvalue weighted by atomic mass is 10.1. The molecule has 2 aromatic carbocycles. The molecule has 0 fully saturated rings. The number of nitrogen functional groups attached to an aromatic ring is 2. The summed E-state index contributed by atoms with van der Waals surface area (Å²) in [7, 11) is 0. The zero-order valence-corrected chi connectivity index (χ0v) is 16.3. The summed E-state index contributed by atoms with van der Waals surface area (Å²) in [4.78, 5) is 21.4. The van der Waals surface area contributed by atoms with Crippen LogP contribution in [0.5, 0.6) is 0 Å². The third-order valence-electron chi connectivity index (χ3n) is 4.80. The van der Waals surface area contributed by atoms with Crippen molar-refractivity contribution in [2.24, 2.45) is 0 Å². The van der Waals surface area contributed by atoms with E-state index in [2.05, 4.69) is 20.6 Å². The highest BCUT2D eigenvalue weighted by Gasteiger charge is 2.10. The predicted octanol–water partition coefficient (Wildman–Crippen LogP) is 4.39. The van der Waals surface area contributed by atoms with Crippen LogP contribution < -0.4 is 27.5 Å². The van der Waals surface area contributed by atoms with E-state index in [1.54, 1.807) is 54.9 Å². The number of anilines is 6. The summed E-state index contributed by atoms with van der Waals surface area (Å²) in [6.07, 6.45) is 3.21. The summed E-state index contributed by atoms with van der Waals surface area (Å²) in [5.74, 6) is 1.08. The van der Waals surface area contributed by atoms with Gasteiger partial charge in [0, 0.05) is 17.4 Å². The fourth-order valence-electron chi connectivity index (χ4n) is 3.28. The highest BCUT2D eigenvalue weighted by Crippen LogP contribution is 2.26. The quantitative estimate of drug-likeness (QED) is 0.321. The van der Waals surface area contributed by atoms with Gasteiger partial charge in [0.25, 0.3) is 0 Å². The van der Waals surface area contributed by atoms with Crippen LogP contribution in [-0.4, -0.2) is 9.97 Å². The molecule has 31 heavy (non-hydrogen) atoms. The molecule has 0 unspecified atom stereocenters. The monoisotopic (exact) mass is 410 g/mol. The van der Waals surface area contributed by atoms with Crippen molar-refractivity contribution < 1.29 is 4.42 Å². The molecule has 0 saturated carbocycles. The lowest BCUT2D eigenvalue weighted by molar-refractivity contribution is 0.660. The largest absolute Gasteiger partial charge is 0.456 e. The van der Waals surface area contributed by atoms with E-state index >= 15 is 0 Å². The van der Waals surface area contributed by atoms with Crippen molar-refractivity contribution in [3.05, 3.63) is 83.3 Å². The number of hydrogen-bond acceptors (Lipinski definition) is 8. The molecule has 8 heteroatoms. The van der Waals surface area contributed by atoms with Crippen molar-refractivity contribution in [2.45, 2.75) is 0 Å². The second-order valence-electron chi connectivity index (χ2n) is 7.05. The van der Waals surface area contributed by atoms with Gasteiger partial charge in [-0.15, -0.1) is 0 Å². The van der Waals surface area contributed by atoms with Gasteiger partial charge < -0.3 is 26.5 Å². The average Bonchev–Trinajstić information content (AvgIpc) is 2.77. The Morgan fingerprint density at radius 2 is 1.52 bits per heavy atom. The van der Waals surface area contributed by atoms with Crippen LogP contribution in [0.15, 0.2) is 82.3 Å². The van der Waals surface area contributed by atoms with Crippen LogP contribution >= 0.6 is 0 Å². The van der Waals surface area contributed by atoms with Gasteiger partial charge in [0.15, 0.2) is 0 Å². The first-order valence-electron chi connectivity index (χ1n) is 9.53. The van der Waals surface area contributed by atoms with Gasteiger partial charge in [0.05, 0.1) is 34.5 Å². The first-order chi connectivity index (χ1) is 15.0. The number of aromatic nitrogens is 2. The van der Waals surface area contributed by atoms with E-state index in [-0.39, 0.29) is 5.43 Å². The number of rotatable bonds is 4. The van der Waals surface area contributed by atoms with E-state index in [1.165, 1.54) is 0 Å². The van der Waals surface area contributed by atoms with Crippen molar-refractivity contribution in [1.29, 1.82) is 0 Å². The Kier molecular flexibility index (Phi) is 4.37. The van der Waals surface area contributed by atoms with Crippen LogP contribution in [0.4, 0.5) is 34.4 Å². The number of nitrogens with one attached hydrogen (secondary N) is 2. The van der Waals surface area contributed by atoms with E-state index in [9.17, 15) is 4.79 Å². The Balaban J connectivity index is 1.50. The molecule has 0 spiro atoms. The minimum absolute atomic E-state index is 0.106. The third kappa shape index (κ3) is 3.69. The smallest absolute Gasteiger partial charge is 0.200 e. The van der Waals surface area contributed by atoms with Crippen LogP contribution in [0.2, 0.25) is 0 Å². The molecule has 3 aromatic heterocycles. The Labute approximate surface area is 176 Å². The van der Waals surface area contributed by atoms with Crippen LogP contribution in [0.3, 0.4) is 0 Å². The lowest BCUT2D eigenvalue weighted by Crippen LogP contribution is -2.03. The SMILES string of the molecule is Nc1ccc(Nc2ccc3oc4cc(Nc5ccc(N)nc5)ccc4c(=O)c3c2)nc1. The molecule has 0 aliphatic rings. The summed E-state index contributed by atoms with van der Waals surface area (Å²) in [5.41, 5.74) is 15.0. The van der Waals surface area contributed by atoms with Crippen molar-refractivity contribution in [3.8, 4) is 0 Å². The molecule has 0 atom stereocenters. The Hall–Kier alpha value is -4.59. The third-order valence-corrected chi connectivity index (χ3v) is 4.80. The first kappa shape index (κ1) is 18.4. The van der Waals surface area contributed by atoms with Gasteiger partial charge in [0.1, 0.15) is 22.8 Å². The average molecular weight is 410 g/mol. The molecule has 0 radical (unpaired) electrons. The second kappa shape index (κ2) is 7.34. The molecule has 5 aromatic rings. The van der Waals surface area contributed by atoms with Crippen LogP contribution in [0.1, 0.15) is 0 Å². The fourth-order valence-corrected chi connectivity index (χ4v) is 3.28. The van der Waals surface area contributed by atoms with E-state index < -0.39 is 0 Å². The minimum Gasteiger partial charge on any atom is -0.456 e. The van der Waals surface area contributed by atoms with Gasteiger partial charge >= 0.3 is 0 Å². The van der Waals surface area contributed by atoms with Crippen LogP contribution in [0.25, 0.3) is 21.9 Å². The predicted molar refractivity (Wildman–Crippen MR) is 124 cm³/mol. The van der Waals surface area contributed by atoms with Crippen LogP contribution in [-0.2, 0) is 0 Å². The van der Waals surface area contributed by atoms with E-state index in [0.717, 1.165) is 17.1 Å². The molecule has 152 valence electrons. The van der Waals surface area contributed by atoms with Gasteiger partial charge in [-0.2, -0.15) is 0 Å². The normalized spacial score (nSPS) is 11.0. The lowest BCUT2D eigenvalue weighted by Gasteiger charge is -2.09. The number of benzene rings is 2. The molecular weight excluding hydrogens is 392 g/mol. The molecule has 3 heterocycles. The molecule has 6 N–H and O–H groups in total. The first-order valence-corrected chi connectivity index (χ1v) is 9.53. The number of pyridine rings is 2. The highest BCUT2D eigenvalue weighted by atomic mass is 16.3. The number of fused-ring (bicyclic) bond motifs is 2. The molecule has 5 rings (SSSR count). The maximum Gasteiger partial charge on any atom is 0.200 e. The van der Waals surface area contributed by atoms with E-state index in [1.807, 2.05) is 18.2 Å². The summed E-state index contributed by atoms with van der Waals surface area (Å²) in [6.45, 7) is 0. The zero-order valence-electron chi connectivity index (χ0n) is 16.3. The molecule has 0 aliphatic carbocycles. The van der Waals surface area contributed by atoms with Crippen molar-refractivity contribution in [2.75, 3.05) is 22.1 Å². The minimum atomic E-state index is -0.106. The Morgan fingerprint density at radius 3 is 2.29 bits per heavy atom. The van der Waals surface area contributed by atoms with E-state index in [0.29, 0.717) is 39.3 Å². The highest BCUT2D eigenvalue weighted by molar-refractivity contribution is 5.93. The number of nitrogens with two attached hydrogens (primary N) is 2. The summed E-state index contributed by atoms with van der Waals surface area (Å²) >= 11 is 0. The van der Waals surface area contributed by atoms with Gasteiger partial charge in [-0.05, 0) is 54.6 Å². The van der Waals surface area contributed by atoms with Gasteiger partial charge in [0.2, 0.25) is 5.43 Å². The van der Waals surface area contributed by atoms with Crippen molar-refractivity contribution in [3.63, 3.8) is 0 Å². The van der Waals surface area contributed by atoms with Gasteiger partial charge in [-0.1, -0.05) is 0 Å². The standard InChI is InChI=1S/C23H18N6O2/c24-13-1-8-22(27-11-13)29-14-3-6-19-18(9-14)23(30)17-5-2-15(10-20(17)31-19)28-16-4-7-21(25)26-12-16/h1-12,28H,24H2,(H2,25,26)(H,27,29). The topological polar surface area (TPSA) is 132 Å². The Bertz CT molecular complexity index is 1460. The summed E-state index contributed by atoms with van der Waals surface area (Å²) < 4.78 is 6.01. The Morgan fingerprint density at radius 1 is 0.710 bits per heavy atom. The molecule has 0 saturated heterocycles. The zero-order chi connectivity index (χ0) is 21.4. The fraction of sp³-hybridized carbons (Fsp3) is 0. The molecule has 0 amide bonds. The van der Waals surface area contributed by atoms with Crippen molar-refractivity contribution >= 4 is 56.3 Å². The number of hydrogen-bond donors (Lipinski definition) is 4. The maximum atomic E-state index is 13.1. The summed E-state index contributed by atoms with van der Waals surface area (Å²) in [5, 5.41) is 7.37. The van der Waals surface area contributed by atoms with Gasteiger partial charge in [-0.25, -0.2) is 9.97 Å². The van der Waals surface area contributed by atoms with Gasteiger partial charge in [-0.3, -0.25) is 4.79 Å². The molecule has 8 nitrogen and oxygen atoms in total. The molecule has 0 bridgehead atoms. The second-order valence-corrected chi connectivity index (χ2v) is 7.05. The number of nitrogens with zero attached hydrogens (tertiary/aromatic N) is 2. The molecular formula is C23H18N6O2. The summed E-state index contributed by atoms with van der Waals surface area (Å²) in [6, 6.07) is 17.8. The maximum absolute atomic E-state index is 13.1.